The average Bonchev–Trinajstić information content (AvgIpc) is 2.25. The molecule has 0 bridgehead atoms. The second kappa shape index (κ2) is 6.69. The number of piperidine rings is 1. The Kier molecular flexibility index (Phi) is 5.22. The zero-order valence-corrected chi connectivity index (χ0v) is 11.2. The van der Waals surface area contributed by atoms with Crippen molar-refractivity contribution in [2.24, 2.45) is 0 Å². The first-order chi connectivity index (χ1) is 8.24. The highest BCUT2D eigenvalue weighted by atomic mass is 16.5. The molecule has 2 aliphatic rings. The van der Waals surface area contributed by atoms with Crippen molar-refractivity contribution in [1.82, 2.24) is 10.2 Å². The number of nitrogens with zero attached hydrogens (tertiary/aromatic N) is 1. The number of ether oxygens (including phenoxy) is 2. The summed E-state index contributed by atoms with van der Waals surface area (Å²) in [5, 5.41) is 3.25. The van der Waals surface area contributed by atoms with Crippen LogP contribution in [0.25, 0.3) is 0 Å². The number of hydrogen-bond acceptors (Lipinski definition) is 4. The van der Waals surface area contributed by atoms with E-state index < -0.39 is 0 Å². The summed E-state index contributed by atoms with van der Waals surface area (Å²) in [6.07, 6.45) is 3.68. The van der Waals surface area contributed by atoms with Gasteiger partial charge in [-0.15, -0.1) is 0 Å². The Bertz CT molecular complexity index is 211. The lowest BCUT2D eigenvalue weighted by molar-refractivity contribution is -0.0644. The molecular formula is C13H26N2O2. The minimum atomic E-state index is 0.349. The number of likely N-dealkylation sites (tertiary alicyclic amines) is 1. The lowest BCUT2D eigenvalue weighted by Crippen LogP contribution is -2.51. The Morgan fingerprint density at radius 3 is 2.41 bits per heavy atom. The molecule has 0 amide bonds. The first-order valence-corrected chi connectivity index (χ1v) is 6.94. The van der Waals surface area contributed by atoms with Crippen molar-refractivity contribution in [3.8, 4) is 0 Å². The number of hydrogen-bond donors (Lipinski definition) is 1. The maximum absolute atomic E-state index is 6.00. The third-order valence-corrected chi connectivity index (χ3v) is 3.52. The van der Waals surface area contributed by atoms with Gasteiger partial charge >= 0.3 is 0 Å². The molecule has 0 atom stereocenters. The molecule has 2 heterocycles. The fourth-order valence-corrected chi connectivity index (χ4v) is 2.32. The number of rotatable bonds is 6. The fraction of sp³-hybridized carbons (Fsp3) is 1.00. The van der Waals surface area contributed by atoms with E-state index in [0.717, 1.165) is 39.3 Å². The molecule has 2 saturated heterocycles. The summed E-state index contributed by atoms with van der Waals surface area (Å²) in [5.41, 5.74) is 0. The average molecular weight is 242 g/mol. The standard InChI is InChI=1S/C13H26N2O2/c1-11(2)16-8-7-15-5-3-12(4-6-15)17-13-9-14-10-13/h11-14H,3-10H2,1-2H3. The molecule has 2 fully saturated rings. The van der Waals surface area contributed by atoms with E-state index in [1.165, 1.54) is 12.8 Å². The van der Waals surface area contributed by atoms with E-state index in [4.69, 9.17) is 9.47 Å². The second-order valence-electron chi connectivity index (χ2n) is 5.38. The number of nitrogens with one attached hydrogen (secondary N) is 1. The van der Waals surface area contributed by atoms with E-state index in [2.05, 4.69) is 24.1 Å². The maximum atomic E-state index is 6.00. The van der Waals surface area contributed by atoms with E-state index in [1.54, 1.807) is 0 Å². The molecule has 0 aromatic carbocycles. The van der Waals surface area contributed by atoms with Crippen molar-refractivity contribution >= 4 is 0 Å². The van der Waals surface area contributed by atoms with Gasteiger partial charge in [0.2, 0.25) is 0 Å². The molecule has 1 N–H and O–H groups in total. The van der Waals surface area contributed by atoms with Crippen LogP contribution in [0.5, 0.6) is 0 Å². The van der Waals surface area contributed by atoms with Crippen molar-refractivity contribution in [2.75, 3.05) is 39.3 Å². The molecule has 0 radical (unpaired) electrons. The minimum Gasteiger partial charge on any atom is -0.377 e. The van der Waals surface area contributed by atoms with Crippen LogP contribution in [0.15, 0.2) is 0 Å². The van der Waals surface area contributed by atoms with Crippen molar-refractivity contribution < 1.29 is 9.47 Å². The van der Waals surface area contributed by atoms with E-state index in [9.17, 15) is 0 Å². The molecule has 0 aromatic heterocycles. The first kappa shape index (κ1) is 13.3. The van der Waals surface area contributed by atoms with E-state index in [1.807, 2.05) is 0 Å². The largest absolute Gasteiger partial charge is 0.377 e. The molecule has 2 rings (SSSR count). The van der Waals surface area contributed by atoms with Crippen LogP contribution in [-0.2, 0) is 9.47 Å². The molecule has 2 aliphatic heterocycles. The molecule has 4 heteroatoms. The zero-order valence-electron chi connectivity index (χ0n) is 11.2. The minimum absolute atomic E-state index is 0.349. The first-order valence-electron chi connectivity index (χ1n) is 6.94. The summed E-state index contributed by atoms with van der Waals surface area (Å²) in [6.45, 7) is 10.5. The van der Waals surface area contributed by atoms with Crippen LogP contribution in [0.2, 0.25) is 0 Å². The van der Waals surface area contributed by atoms with Gasteiger partial charge in [0, 0.05) is 32.7 Å². The van der Waals surface area contributed by atoms with E-state index in [0.29, 0.717) is 18.3 Å². The topological polar surface area (TPSA) is 33.7 Å². The summed E-state index contributed by atoms with van der Waals surface area (Å²) in [4.78, 5) is 2.49. The van der Waals surface area contributed by atoms with Gasteiger partial charge in [0.1, 0.15) is 0 Å². The van der Waals surface area contributed by atoms with Crippen LogP contribution in [0.4, 0.5) is 0 Å². The maximum Gasteiger partial charge on any atom is 0.0827 e. The van der Waals surface area contributed by atoms with E-state index >= 15 is 0 Å². The summed E-state index contributed by atoms with van der Waals surface area (Å²) in [6, 6.07) is 0. The third kappa shape index (κ3) is 4.54. The second-order valence-corrected chi connectivity index (χ2v) is 5.38. The van der Waals surface area contributed by atoms with Gasteiger partial charge in [-0.2, -0.15) is 0 Å². The molecule has 0 unspecified atom stereocenters. The summed E-state index contributed by atoms with van der Waals surface area (Å²) >= 11 is 0. The summed E-state index contributed by atoms with van der Waals surface area (Å²) in [7, 11) is 0. The van der Waals surface area contributed by atoms with Gasteiger partial charge in [0.05, 0.1) is 24.9 Å². The highest BCUT2D eigenvalue weighted by Crippen LogP contribution is 2.16. The Labute approximate surface area is 105 Å². The Balaban J connectivity index is 1.54. The van der Waals surface area contributed by atoms with Gasteiger partial charge in [-0.05, 0) is 26.7 Å². The van der Waals surface area contributed by atoms with Gasteiger partial charge in [0.15, 0.2) is 0 Å². The van der Waals surface area contributed by atoms with Crippen molar-refractivity contribution in [3.63, 3.8) is 0 Å². The predicted octanol–water partition coefficient (Wildman–Crippen LogP) is 0.864. The highest BCUT2D eigenvalue weighted by molar-refractivity contribution is 4.79. The van der Waals surface area contributed by atoms with Gasteiger partial charge in [-0.1, -0.05) is 0 Å². The Hall–Kier alpha value is -0.160. The molecule has 0 aliphatic carbocycles. The Morgan fingerprint density at radius 2 is 1.88 bits per heavy atom. The summed E-state index contributed by atoms with van der Waals surface area (Å²) < 4.78 is 11.6. The normalized spacial score (nSPS) is 24.2. The Morgan fingerprint density at radius 1 is 1.18 bits per heavy atom. The van der Waals surface area contributed by atoms with Crippen LogP contribution >= 0.6 is 0 Å². The van der Waals surface area contributed by atoms with Crippen LogP contribution in [0, 0.1) is 0 Å². The fourth-order valence-electron chi connectivity index (χ4n) is 2.32. The monoisotopic (exact) mass is 242 g/mol. The quantitative estimate of drug-likeness (QED) is 0.749. The third-order valence-electron chi connectivity index (χ3n) is 3.52. The molecule has 100 valence electrons. The lowest BCUT2D eigenvalue weighted by Gasteiger charge is -2.36. The van der Waals surface area contributed by atoms with Gasteiger partial charge in [-0.25, -0.2) is 0 Å². The van der Waals surface area contributed by atoms with Crippen molar-refractivity contribution in [2.45, 2.75) is 45.0 Å². The van der Waals surface area contributed by atoms with Gasteiger partial charge < -0.3 is 19.7 Å². The zero-order chi connectivity index (χ0) is 12.1. The molecule has 0 spiro atoms. The van der Waals surface area contributed by atoms with Crippen LogP contribution in [-0.4, -0.2) is 62.5 Å². The van der Waals surface area contributed by atoms with Gasteiger partial charge in [0.25, 0.3) is 0 Å². The molecule has 17 heavy (non-hydrogen) atoms. The molecule has 0 saturated carbocycles. The van der Waals surface area contributed by atoms with Crippen molar-refractivity contribution in [3.05, 3.63) is 0 Å². The molecule has 4 nitrogen and oxygen atoms in total. The van der Waals surface area contributed by atoms with Crippen LogP contribution < -0.4 is 5.32 Å². The lowest BCUT2D eigenvalue weighted by atomic mass is 10.1. The summed E-state index contributed by atoms with van der Waals surface area (Å²) in [5.74, 6) is 0. The smallest absolute Gasteiger partial charge is 0.0827 e. The van der Waals surface area contributed by atoms with Gasteiger partial charge in [-0.3, -0.25) is 0 Å². The van der Waals surface area contributed by atoms with E-state index in [-0.39, 0.29) is 0 Å². The predicted molar refractivity (Wildman–Crippen MR) is 68.3 cm³/mol. The molecular weight excluding hydrogens is 216 g/mol. The highest BCUT2D eigenvalue weighted by Gasteiger charge is 2.25. The van der Waals surface area contributed by atoms with Crippen LogP contribution in [0.3, 0.4) is 0 Å². The van der Waals surface area contributed by atoms with Crippen molar-refractivity contribution in [1.29, 1.82) is 0 Å². The van der Waals surface area contributed by atoms with Crippen LogP contribution in [0.1, 0.15) is 26.7 Å². The SMILES string of the molecule is CC(C)OCCN1CCC(OC2CNC2)CC1. The molecule has 0 aromatic rings.